The average molecular weight is 306 g/mol. The Labute approximate surface area is 129 Å². The summed E-state index contributed by atoms with van der Waals surface area (Å²) in [5.74, 6) is -1.21. The molecule has 2 rings (SSSR count). The zero-order chi connectivity index (χ0) is 16.1. The molecule has 22 heavy (non-hydrogen) atoms. The third-order valence-electron chi connectivity index (χ3n) is 3.85. The number of carbonyl (C=O) groups excluding carboxylic acids is 1. The van der Waals surface area contributed by atoms with Gasteiger partial charge in [0.05, 0.1) is 0 Å². The summed E-state index contributed by atoms with van der Waals surface area (Å²) in [5, 5.41) is 21.6. The van der Waals surface area contributed by atoms with Gasteiger partial charge in [0.2, 0.25) is 5.91 Å². The van der Waals surface area contributed by atoms with E-state index in [9.17, 15) is 14.7 Å². The first-order valence-corrected chi connectivity index (χ1v) is 7.48. The summed E-state index contributed by atoms with van der Waals surface area (Å²) in [6.07, 6.45) is 2.54. The molecule has 0 aromatic heterocycles. The lowest BCUT2D eigenvalue weighted by Gasteiger charge is -2.18. The Kier molecular flexibility index (Phi) is 5.38. The van der Waals surface area contributed by atoms with Crippen LogP contribution >= 0.6 is 0 Å². The number of phenols is 1. The maximum absolute atomic E-state index is 11.2. The molecule has 1 aromatic carbocycles. The second-order valence-corrected chi connectivity index (χ2v) is 5.74. The van der Waals surface area contributed by atoms with Crippen molar-refractivity contribution in [1.29, 1.82) is 0 Å². The van der Waals surface area contributed by atoms with Crippen LogP contribution in [0.5, 0.6) is 5.75 Å². The van der Waals surface area contributed by atoms with Crippen LogP contribution in [-0.2, 0) is 22.6 Å². The summed E-state index contributed by atoms with van der Waals surface area (Å²) in [6, 6.07) is 4.15. The van der Waals surface area contributed by atoms with E-state index < -0.39 is 12.0 Å². The molecule has 1 fully saturated rings. The fourth-order valence-electron chi connectivity index (χ4n) is 2.76. The maximum atomic E-state index is 11.2. The van der Waals surface area contributed by atoms with Gasteiger partial charge in [0, 0.05) is 25.5 Å². The number of hydrogen-bond acceptors (Lipinski definition) is 4. The first kappa shape index (κ1) is 16.3. The minimum atomic E-state index is -1.07. The monoisotopic (exact) mass is 306 g/mol. The van der Waals surface area contributed by atoms with Crippen molar-refractivity contribution in [2.45, 2.75) is 38.8 Å². The molecular weight excluding hydrogens is 284 g/mol. The Hall–Kier alpha value is -2.08. The number of carboxylic acid groups (broad SMARTS) is 1. The number of likely N-dealkylation sites (tertiary alicyclic amines) is 1. The predicted octanol–water partition coefficient (Wildman–Crippen LogP) is 1.12. The van der Waals surface area contributed by atoms with Gasteiger partial charge < -0.3 is 15.5 Å². The van der Waals surface area contributed by atoms with Crippen molar-refractivity contribution >= 4 is 11.9 Å². The number of carboxylic acids is 1. The van der Waals surface area contributed by atoms with Gasteiger partial charge in [-0.3, -0.25) is 9.69 Å². The van der Waals surface area contributed by atoms with E-state index in [4.69, 9.17) is 5.11 Å². The molecule has 0 saturated carbocycles. The van der Waals surface area contributed by atoms with Crippen molar-refractivity contribution in [1.82, 2.24) is 10.2 Å². The van der Waals surface area contributed by atoms with Crippen molar-refractivity contribution in [2.75, 3.05) is 13.1 Å². The quantitative estimate of drug-likeness (QED) is 0.733. The number of rotatable bonds is 6. The van der Waals surface area contributed by atoms with E-state index >= 15 is 0 Å². The number of phenolic OH excluding ortho intramolecular Hbond substituents is 1. The van der Waals surface area contributed by atoms with Crippen LogP contribution in [0.25, 0.3) is 0 Å². The molecule has 0 bridgehead atoms. The van der Waals surface area contributed by atoms with E-state index in [1.165, 1.54) is 19.8 Å². The van der Waals surface area contributed by atoms with Crippen LogP contribution in [0.15, 0.2) is 18.2 Å². The van der Waals surface area contributed by atoms with E-state index in [1.807, 2.05) is 6.07 Å². The highest BCUT2D eigenvalue weighted by atomic mass is 16.4. The van der Waals surface area contributed by atoms with Crippen LogP contribution < -0.4 is 5.32 Å². The zero-order valence-corrected chi connectivity index (χ0v) is 12.7. The highest BCUT2D eigenvalue weighted by Crippen LogP contribution is 2.23. The highest BCUT2D eigenvalue weighted by Gasteiger charge is 2.20. The lowest BCUT2D eigenvalue weighted by molar-refractivity contribution is -0.141. The van der Waals surface area contributed by atoms with Crippen molar-refractivity contribution in [3.8, 4) is 5.75 Å². The molecule has 1 atom stereocenters. The largest absolute Gasteiger partial charge is 0.508 e. The van der Waals surface area contributed by atoms with E-state index in [-0.39, 0.29) is 18.1 Å². The molecule has 1 amide bonds. The first-order chi connectivity index (χ1) is 10.5. The number of benzene rings is 1. The van der Waals surface area contributed by atoms with Gasteiger partial charge in [-0.05, 0) is 37.6 Å². The Morgan fingerprint density at radius 1 is 1.32 bits per heavy atom. The lowest BCUT2D eigenvalue weighted by Crippen LogP contribution is -2.41. The summed E-state index contributed by atoms with van der Waals surface area (Å²) in [5.41, 5.74) is 1.58. The minimum absolute atomic E-state index is 0.197. The average Bonchev–Trinajstić information content (AvgIpc) is 2.94. The summed E-state index contributed by atoms with van der Waals surface area (Å²) in [7, 11) is 0. The second-order valence-electron chi connectivity index (χ2n) is 5.74. The minimum Gasteiger partial charge on any atom is -0.508 e. The third kappa shape index (κ3) is 4.46. The van der Waals surface area contributed by atoms with Crippen LogP contribution in [0.3, 0.4) is 0 Å². The van der Waals surface area contributed by atoms with Crippen molar-refractivity contribution in [3.05, 3.63) is 29.3 Å². The van der Waals surface area contributed by atoms with Gasteiger partial charge in [-0.1, -0.05) is 12.1 Å². The van der Waals surface area contributed by atoms with Crippen molar-refractivity contribution in [2.24, 2.45) is 0 Å². The Bertz CT molecular complexity index is 553. The molecule has 1 unspecified atom stereocenters. The molecule has 1 aromatic rings. The standard InChI is InChI=1S/C16H22N2O4/c1-11(19)17-14(16(21)22)9-12-4-5-15(20)13(8-12)10-18-6-2-3-7-18/h4-5,8,14,20H,2-3,6-7,9-10H2,1H3,(H,17,19)(H,21,22). The van der Waals surface area contributed by atoms with E-state index in [1.54, 1.807) is 12.1 Å². The number of aliphatic carboxylic acids is 1. The Balaban J connectivity index is 2.09. The number of carbonyl (C=O) groups is 2. The molecule has 3 N–H and O–H groups in total. The van der Waals surface area contributed by atoms with Gasteiger partial charge in [-0.15, -0.1) is 0 Å². The Morgan fingerprint density at radius 2 is 2.00 bits per heavy atom. The molecular formula is C16H22N2O4. The number of nitrogens with one attached hydrogen (secondary N) is 1. The number of hydrogen-bond donors (Lipinski definition) is 3. The lowest BCUT2D eigenvalue weighted by atomic mass is 10.0. The number of amides is 1. The van der Waals surface area contributed by atoms with Crippen LogP contribution in [0, 0.1) is 0 Å². The summed E-state index contributed by atoms with van der Waals surface area (Å²) in [4.78, 5) is 24.5. The summed E-state index contributed by atoms with van der Waals surface area (Å²) >= 11 is 0. The molecule has 1 aliphatic rings. The normalized spacial score (nSPS) is 16.4. The molecule has 0 spiro atoms. The number of nitrogens with zero attached hydrogens (tertiary/aromatic N) is 1. The fraction of sp³-hybridized carbons (Fsp3) is 0.500. The SMILES string of the molecule is CC(=O)NC(Cc1ccc(O)c(CN2CCCC2)c1)C(=O)O. The van der Waals surface area contributed by atoms with Crippen LogP contribution in [-0.4, -0.2) is 46.1 Å². The molecule has 0 radical (unpaired) electrons. The zero-order valence-electron chi connectivity index (χ0n) is 12.7. The fourth-order valence-corrected chi connectivity index (χ4v) is 2.76. The topological polar surface area (TPSA) is 89.9 Å². The molecule has 1 aliphatic heterocycles. The molecule has 120 valence electrons. The smallest absolute Gasteiger partial charge is 0.326 e. The van der Waals surface area contributed by atoms with E-state index in [0.29, 0.717) is 6.54 Å². The molecule has 1 heterocycles. The van der Waals surface area contributed by atoms with Gasteiger partial charge in [0.25, 0.3) is 0 Å². The summed E-state index contributed by atoms with van der Waals surface area (Å²) < 4.78 is 0. The molecule has 0 aliphatic carbocycles. The first-order valence-electron chi connectivity index (χ1n) is 7.48. The predicted molar refractivity (Wildman–Crippen MR) is 81.6 cm³/mol. The third-order valence-corrected chi connectivity index (χ3v) is 3.85. The van der Waals surface area contributed by atoms with Crippen LogP contribution in [0.2, 0.25) is 0 Å². The maximum Gasteiger partial charge on any atom is 0.326 e. The molecule has 6 nitrogen and oxygen atoms in total. The molecule has 6 heteroatoms. The highest BCUT2D eigenvalue weighted by molar-refractivity contribution is 5.82. The van der Waals surface area contributed by atoms with Gasteiger partial charge in [0.15, 0.2) is 0 Å². The van der Waals surface area contributed by atoms with E-state index in [2.05, 4.69) is 10.2 Å². The van der Waals surface area contributed by atoms with Crippen LogP contribution in [0.1, 0.15) is 30.9 Å². The van der Waals surface area contributed by atoms with Crippen molar-refractivity contribution < 1.29 is 19.8 Å². The van der Waals surface area contributed by atoms with Gasteiger partial charge >= 0.3 is 5.97 Å². The Morgan fingerprint density at radius 3 is 2.59 bits per heavy atom. The van der Waals surface area contributed by atoms with E-state index in [0.717, 1.165) is 24.2 Å². The molecule has 1 saturated heterocycles. The van der Waals surface area contributed by atoms with Gasteiger partial charge in [0.1, 0.15) is 11.8 Å². The number of aromatic hydroxyl groups is 1. The van der Waals surface area contributed by atoms with Gasteiger partial charge in [-0.25, -0.2) is 4.79 Å². The van der Waals surface area contributed by atoms with Gasteiger partial charge in [-0.2, -0.15) is 0 Å². The summed E-state index contributed by atoms with van der Waals surface area (Å²) in [6.45, 7) is 4.00. The second kappa shape index (κ2) is 7.26. The van der Waals surface area contributed by atoms with Crippen LogP contribution in [0.4, 0.5) is 0 Å². The van der Waals surface area contributed by atoms with Crippen molar-refractivity contribution in [3.63, 3.8) is 0 Å².